The summed E-state index contributed by atoms with van der Waals surface area (Å²) in [7, 11) is 4.15. The van der Waals surface area contributed by atoms with Crippen molar-refractivity contribution in [2.24, 2.45) is 0 Å². The quantitative estimate of drug-likeness (QED) is 0.849. The first-order valence-electron chi connectivity index (χ1n) is 7.05. The lowest BCUT2D eigenvalue weighted by atomic mass is 10.0. The minimum Gasteiger partial charge on any atom is -0.310 e. The van der Waals surface area contributed by atoms with Gasteiger partial charge in [-0.05, 0) is 26.2 Å². The number of nitrogens with zero attached hydrogens (tertiary/aromatic N) is 2. The topological polar surface area (TPSA) is 28.2 Å². The molecule has 0 spiro atoms. The van der Waals surface area contributed by atoms with E-state index in [4.69, 9.17) is 4.98 Å². The molecule has 20 heavy (non-hydrogen) atoms. The van der Waals surface area contributed by atoms with Crippen LogP contribution in [0.25, 0.3) is 0 Å². The van der Waals surface area contributed by atoms with Gasteiger partial charge in [-0.25, -0.2) is 4.98 Å². The van der Waals surface area contributed by atoms with Crippen LogP contribution in [-0.4, -0.2) is 30.5 Å². The number of nitrogens with one attached hydrogen (secondary N) is 1. The van der Waals surface area contributed by atoms with Crippen LogP contribution >= 0.6 is 11.3 Å². The van der Waals surface area contributed by atoms with E-state index < -0.39 is 0 Å². The molecule has 1 aromatic carbocycles. The van der Waals surface area contributed by atoms with Crippen LogP contribution in [0.5, 0.6) is 0 Å². The van der Waals surface area contributed by atoms with Crippen molar-refractivity contribution >= 4 is 11.3 Å². The van der Waals surface area contributed by atoms with Gasteiger partial charge in [0.15, 0.2) is 0 Å². The van der Waals surface area contributed by atoms with Crippen molar-refractivity contribution in [3.63, 3.8) is 0 Å². The molecule has 1 heterocycles. The van der Waals surface area contributed by atoms with Gasteiger partial charge in [0.2, 0.25) is 0 Å². The highest BCUT2D eigenvalue weighted by molar-refractivity contribution is 7.09. The average Bonchev–Trinajstić information content (AvgIpc) is 2.86. The van der Waals surface area contributed by atoms with Gasteiger partial charge >= 0.3 is 0 Å². The Kier molecular flexibility index (Phi) is 5.71. The summed E-state index contributed by atoms with van der Waals surface area (Å²) in [5, 5.41) is 6.93. The Bertz CT molecular complexity index is 507. The van der Waals surface area contributed by atoms with Crippen molar-refractivity contribution in [3.05, 3.63) is 52.0 Å². The fourth-order valence-electron chi connectivity index (χ4n) is 2.23. The van der Waals surface area contributed by atoms with Crippen molar-refractivity contribution in [1.29, 1.82) is 0 Å². The first kappa shape index (κ1) is 15.2. The van der Waals surface area contributed by atoms with Gasteiger partial charge in [0, 0.05) is 24.4 Å². The third-order valence-electron chi connectivity index (χ3n) is 3.12. The van der Waals surface area contributed by atoms with Gasteiger partial charge in [-0.15, -0.1) is 11.3 Å². The summed E-state index contributed by atoms with van der Waals surface area (Å²) in [5.41, 5.74) is 2.51. The maximum atomic E-state index is 4.73. The van der Waals surface area contributed by atoms with Gasteiger partial charge in [-0.2, -0.15) is 0 Å². The number of hydrogen-bond acceptors (Lipinski definition) is 4. The molecule has 0 radical (unpaired) electrons. The fraction of sp³-hybridized carbons (Fsp3) is 0.438. The molecule has 1 N–H and O–H groups in total. The van der Waals surface area contributed by atoms with Gasteiger partial charge < -0.3 is 10.2 Å². The molecule has 2 aromatic rings. The highest BCUT2D eigenvalue weighted by atomic mass is 32.1. The smallest absolute Gasteiger partial charge is 0.107 e. The Balaban J connectivity index is 2.06. The maximum Gasteiger partial charge on any atom is 0.107 e. The van der Waals surface area contributed by atoms with E-state index in [1.54, 1.807) is 11.3 Å². The van der Waals surface area contributed by atoms with E-state index in [0.717, 1.165) is 19.5 Å². The van der Waals surface area contributed by atoms with Gasteiger partial charge in [0.05, 0.1) is 5.69 Å². The van der Waals surface area contributed by atoms with Gasteiger partial charge in [-0.1, -0.05) is 37.3 Å². The van der Waals surface area contributed by atoms with E-state index in [1.165, 1.54) is 16.3 Å². The Morgan fingerprint density at radius 2 is 2.00 bits per heavy atom. The van der Waals surface area contributed by atoms with Crippen molar-refractivity contribution in [2.45, 2.75) is 25.9 Å². The molecule has 0 saturated heterocycles. The summed E-state index contributed by atoms with van der Waals surface area (Å²) in [6, 6.07) is 11.0. The molecule has 1 aromatic heterocycles. The fourth-order valence-corrected chi connectivity index (χ4v) is 3.16. The summed E-state index contributed by atoms with van der Waals surface area (Å²) in [6.45, 7) is 4.03. The second-order valence-electron chi connectivity index (χ2n) is 5.20. The monoisotopic (exact) mass is 289 g/mol. The molecule has 1 unspecified atom stereocenters. The van der Waals surface area contributed by atoms with Gasteiger partial charge in [0.1, 0.15) is 5.01 Å². The lowest BCUT2D eigenvalue weighted by molar-refractivity contribution is 0.401. The second kappa shape index (κ2) is 7.53. The van der Waals surface area contributed by atoms with Crippen molar-refractivity contribution < 1.29 is 0 Å². The molecule has 4 heteroatoms. The largest absolute Gasteiger partial charge is 0.310 e. The Morgan fingerprint density at radius 1 is 1.25 bits per heavy atom. The third kappa shape index (κ3) is 4.40. The zero-order valence-electron chi connectivity index (χ0n) is 12.5. The lowest BCUT2D eigenvalue weighted by Crippen LogP contribution is -2.23. The minimum absolute atomic E-state index is 0.343. The van der Waals surface area contributed by atoms with Crippen molar-refractivity contribution in [3.8, 4) is 0 Å². The van der Waals surface area contributed by atoms with Crippen molar-refractivity contribution in [2.75, 3.05) is 20.6 Å². The van der Waals surface area contributed by atoms with Gasteiger partial charge in [0.25, 0.3) is 0 Å². The van der Waals surface area contributed by atoms with Crippen LogP contribution in [0.15, 0.2) is 35.7 Å². The highest BCUT2D eigenvalue weighted by Gasteiger charge is 2.13. The molecule has 2 rings (SSSR count). The molecule has 0 aliphatic rings. The molecule has 0 fully saturated rings. The van der Waals surface area contributed by atoms with Crippen LogP contribution in [0.1, 0.15) is 29.2 Å². The van der Waals surface area contributed by atoms with Crippen LogP contribution in [0.2, 0.25) is 0 Å². The number of hydrogen-bond donors (Lipinski definition) is 1. The Hall–Kier alpha value is -1.23. The molecule has 0 aliphatic carbocycles. The molecule has 3 nitrogen and oxygen atoms in total. The molecular formula is C16H23N3S. The molecule has 0 saturated carbocycles. The third-order valence-corrected chi connectivity index (χ3v) is 4.00. The number of thiazole rings is 1. The highest BCUT2D eigenvalue weighted by Crippen LogP contribution is 2.20. The van der Waals surface area contributed by atoms with Crippen molar-refractivity contribution in [1.82, 2.24) is 15.2 Å². The van der Waals surface area contributed by atoms with E-state index in [0.29, 0.717) is 6.04 Å². The normalized spacial score (nSPS) is 12.8. The SMILES string of the molecule is CCNC(Cc1csc(CN(C)C)n1)c1ccccc1. The lowest BCUT2D eigenvalue weighted by Gasteiger charge is -2.17. The predicted octanol–water partition coefficient (Wildman–Crippen LogP) is 3.10. The van der Waals surface area contributed by atoms with Gasteiger partial charge in [-0.3, -0.25) is 0 Å². The van der Waals surface area contributed by atoms with Crippen LogP contribution in [0.4, 0.5) is 0 Å². The predicted molar refractivity (Wildman–Crippen MR) is 86.1 cm³/mol. The van der Waals surface area contributed by atoms with E-state index in [2.05, 4.69) is 66.9 Å². The molecule has 0 bridgehead atoms. The number of benzene rings is 1. The summed E-state index contributed by atoms with van der Waals surface area (Å²) in [4.78, 5) is 6.89. The summed E-state index contributed by atoms with van der Waals surface area (Å²) >= 11 is 1.75. The number of aromatic nitrogens is 1. The van der Waals surface area contributed by atoms with Crippen LogP contribution < -0.4 is 5.32 Å². The summed E-state index contributed by atoms with van der Waals surface area (Å²) in [6.07, 6.45) is 0.946. The van der Waals surface area contributed by atoms with E-state index in [-0.39, 0.29) is 0 Å². The minimum atomic E-state index is 0.343. The zero-order chi connectivity index (χ0) is 14.4. The van der Waals surface area contributed by atoms with E-state index in [9.17, 15) is 0 Å². The molecule has 1 atom stereocenters. The zero-order valence-corrected chi connectivity index (χ0v) is 13.3. The Morgan fingerprint density at radius 3 is 2.65 bits per heavy atom. The summed E-state index contributed by atoms with van der Waals surface area (Å²) < 4.78 is 0. The molecular weight excluding hydrogens is 266 g/mol. The van der Waals surface area contributed by atoms with Crippen LogP contribution in [0.3, 0.4) is 0 Å². The average molecular weight is 289 g/mol. The van der Waals surface area contributed by atoms with E-state index >= 15 is 0 Å². The number of rotatable bonds is 7. The Labute approximate surface area is 125 Å². The first-order valence-corrected chi connectivity index (χ1v) is 7.93. The number of likely N-dealkylation sites (N-methyl/N-ethyl adjacent to an activating group) is 1. The van der Waals surface area contributed by atoms with E-state index in [1.807, 2.05) is 0 Å². The first-order chi connectivity index (χ1) is 9.69. The maximum absolute atomic E-state index is 4.73. The molecule has 108 valence electrons. The van der Waals surface area contributed by atoms with Crippen LogP contribution in [-0.2, 0) is 13.0 Å². The molecule has 0 aliphatic heterocycles. The standard InChI is InChI=1S/C16H23N3S/c1-4-17-15(13-8-6-5-7-9-13)10-14-12-20-16(18-14)11-19(2)3/h5-9,12,15,17H,4,10-11H2,1-3H3. The second-order valence-corrected chi connectivity index (χ2v) is 6.14. The molecule has 0 amide bonds. The summed E-state index contributed by atoms with van der Waals surface area (Å²) in [5.74, 6) is 0. The van der Waals surface area contributed by atoms with Crippen LogP contribution in [0, 0.1) is 0 Å².